The molecular weight excluding hydrogens is 380 g/mol. The molecule has 0 spiro atoms. The molecule has 5 nitrogen and oxygen atoms in total. The molecule has 0 bridgehead atoms. The van der Waals surface area contributed by atoms with E-state index in [1.54, 1.807) is 12.3 Å². The summed E-state index contributed by atoms with van der Waals surface area (Å²) in [6.07, 6.45) is 3.33. The van der Waals surface area contributed by atoms with Crippen molar-refractivity contribution in [3.05, 3.63) is 26.9 Å². The monoisotopic (exact) mass is 390 g/mol. The van der Waals surface area contributed by atoms with Crippen LogP contribution in [0.4, 0.5) is 0 Å². The number of amides is 1. The lowest BCUT2D eigenvalue weighted by Crippen LogP contribution is -2.34. The highest BCUT2D eigenvalue weighted by Crippen LogP contribution is 2.26. The van der Waals surface area contributed by atoms with Crippen LogP contribution in [0.1, 0.15) is 29.8 Å². The van der Waals surface area contributed by atoms with Crippen molar-refractivity contribution >= 4 is 43.7 Å². The number of rotatable bonds is 3. The highest BCUT2D eigenvalue weighted by Gasteiger charge is 2.31. The maximum Gasteiger partial charge on any atom is 0.306 e. The number of nitrogens with one attached hydrogen (secondary N) is 1. The summed E-state index contributed by atoms with van der Waals surface area (Å²) in [6, 6.07) is 1.65. The Morgan fingerprint density at radius 3 is 2.68 bits per heavy atom. The van der Waals surface area contributed by atoms with Gasteiger partial charge in [0.15, 0.2) is 0 Å². The molecular formula is C12H12Br2N2O3. The number of aromatic nitrogens is 1. The molecule has 2 atom stereocenters. The minimum atomic E-state index is -0.792. The number of carbonyl (C=O) groups excluding carboxylic acids is 1. The first-order valence-electron chi connectivity index (χ1n) is 5.82. The normalized spacial score (nSPS) is 22.2. The third kappa shape index (κ3) is 3.54. The zero-order chi connectivity index (χ0) is 14.0. The van der Waals surface area contributed by atoms with Gasteiger partial charge in [-0.05, 0) is 57.2 Å². The van der Waals surface area contributed by atoms with Gasteiger partial charge in [0.05, 0.1) is 10.4 Å². The van der Waals surface area contributed by atoms with Crippen LogP contribution in [0.25, 0.3) is 0 Å². The van der Waals surface area contributed by atoms with E-state index in [9.17, 15) is 9.59 Å². The average Bonchev–Trinajstić information content (AvgIpc) is 2.77. The molecule has 102 valence electrons. The molecule has 2 rings (SSSR count). The molecule has 1 fully saturated rings. The number of hydrogen-bond donors (Lipinski definition) is 2. The van der Waals surface area contributed by atoms with Crippen LogP contribution in [0.15, 0.2) is 21.2 Å². The zero-order valence-electron chi connectivity index (χ0n) is 9.90. The van der Waals surface area contributed by atoms with E-state index in [-0.39, 0.29) is 17.9 Å². The standard InChI is InChI=1S/C12H12Br2N2O3/c13-7-4-9(14)10(15-5-7)11(17)16-8-2-1-6(3-8)12(18)19/h4-6,8H,1-3H2,(H,16,17)(H,18,19)/t6-,8+/m0/s1. The van der Waals surface area contributed by atoms with Gasteiger partial charge in [-0.25, -0.2) is 4.98 Å². The van der Waals surface area contributed by atoms with Crippen LogP contribution in [-0.4, -0.2) is 28.0 Å². The summed E-state index contributed by atoms with van der Waals surface area (Å²) in [5, 5.41) is 11.7. The second-order valence-electron chi connectivity index (χ2n) is 4.50. The summed E-state index contributed by atoms with van der Waals surface area (Å²) in [6.45, 7) is 0. The van der Waals surface area contributed by atoms with E-state index in [4.69, 9.17) is 5.11 Å². The van der Waals surface area contributed by atoms with Crippen LogP contribution in [-0.2, 0) is 4.79 Å². The second kappa shape index (κ2) is 6.00. The van der Waals surface area contributed by atoms with Crippen molar-refractivity contribution in [3.63, 3.8) is 0 Å². The van der Waals surface area contributed by atoms with Crippen molar-refractivity contribution < 1.29 is 14.7 Å². The van der Waals surface area contributed by atoms with Crippen molar-refractivity contribution in [1.82, 2.24) is 10.3 Å². The number of carboxylic acid groups (broad SMARTS) is 1. The van der Waals surface area contributed by atoms with E-state index in [0.717, 1.165) is 4.47 Å². The largest absolute Gasteiger partial charge is 0.481 e. The van der Waals surface area contributed by atoms with Crippen LogP contribution < -0.4 is 5.32 Å². The molecule has 1 amide bonds. The number of hydrogen-bond acceptors (Lipinski definition) is 3. The lowest BCUT2D eigenvalue weighted by molar-refractivity contribution is -0.141. The number of carbonyl (C=O) groups is 2. The molecule has 1 aromatic rings. The third-order valence-electron chi connectivity index (χ3n) is 3.14. The molecule has 1 aromatic heterocycles. The van der Waals surface area contributed by atoms with Gasteiger partial charge < -0.3 is 10.4 Å². The highest BCUT2D eigenvalue weighted by molar-refractivity contribution is 9.11. The Bertz CT molecular complexity index is 522. The SMILES string of the molecule is O=C(N[C@@H]1CC[C@H](C(=O)O)C1)c1ncc(Br)cc1Br. The van der Waals surface area contributed by atoms with Crippen molar-refractivity contribution in [2.24, 2.45) is 5.92 Å². The Balaban J connectivity index is 2.00. The molecule has 19 heavy (non-hydrogen) atoms. The molecule has 1 aliphatic carbocycles. The van der Waals surface area contributed by atoms with Gasteiger partial charge in [0.2, 0.25) is 0 Å². The van der Waals surface area contributed by atoms with Crippen molar-refractivity contribution in [2.45, 2.75) is 25.3 Å². The van der Waals surface area contributed by atoms with Crippen molar-refractivity contribution in [1.29, 1.82) is 0 Å². The Kier molecular flexibility index (Phi) is 4.57. The van der Waals surface area contributed by atoms with E-state index >= 15 is 0 Å². The maximum absolute atomic E-state index is 12.0. The molecule has 1 aliphatic rings. The molecule has 1 saturated carbocycles. The number of nitrogens with zero attached hydrogens (tertiary/aromatic N) is 1. The van der Waals surface area contributed by atoms with Gasteiger partial charge in [-0.3, -0.25) is 9.59 Å². The molecule has 7 heteroatoms. The van der Waals surface area contributed by atoms with Gasteiger partial charge in [-0.1, -0.05) is 0 Å². The Labute approximate surface area is 127 Å². The average molecular weight is 392 g/mol. The first-order valence-corrected chi connectivity index (χ1v) is 7.40. The van der Waals surface area contributed by atoms with Crippen LogP contribution in [0.3, 0.4) is 0 Å². The quantitative estimate of drug-likeness (QED) is 0.829. The first kappa shape index (κ1) is 14.5. The summed E-state index contributed by atoms with van der Waals surface area (Å²) < 4.78 is 1.38. The summed E-state index contributed by atoms with van der Waals surface area (Å²) in [7, 11) is 0. The third-order valence-corrected chi connectivity index (χ3v) is 4.18. The van der Waals surface area contributed by atoms with Gasteiger partial charge in [0, 0.05) is 16.7 Å². The topological polar surface area (TPSA) is 79.3 Å². The minimum absolute atomic E-state index is 0.0917. The fourth-order valence-corrected chi connectivity index (χ4v) is 3.34. The van der Waals surface area contributed by atoms with Gasteiger partial charge in [0.25, 0.3) is 5.91 Å². The van der Waals surface area contributed by atoms with E-state index in [0.29, 0.717) is 29.4 Å². The first-order chi connectivity index (χ1) is 8.97. The smallest absolute Gasteiger partial charge is 0.306 e. The lowest BCUT2D eigenvalue weighted by Gasteiger charge is -2.12. The van der Waals surface area contributed by atoms with Crippen molar-refractivity contribution in [2.75, 3.05) is 0 Å². The molecule has 1 heterocycles. The van der Waals surface area contributed by atoms with Gasteiger partial charge >= 0.3 is 5.97 Å². The van der Waals surface area contributed by atoms with Gasteiger partial charge in [0.1, 0.15) is 5.69 Å². The minimum Gasteiger partial charge on any atom is -0.481 e. The maximum atomic E-state index is 12.0. The zero-order valence-corrected chi connectivity index (χ0v) is 13.1. The summed E-state index contributed by atoms with van der Waals surface area (Å²) in [5.74, 6) is -1.43. The highest BCUT2D eigenvalue weighted by atomic mass is 79.9. The number of aliphatic carboxylic acids is 1. The van der Waals surface area contributed by atoms with E-state index < -0.39 is 5.97 Å². The number of carboxylic acids is 1. The Morgan fingerprint density at radius 1 is 1.37 bits per heavy atom. The summed E-state index contributed by atoms with van der Waals surface area (Å²) in [5.41, 5.74) is 0.307. The lowest BCUT2D eigenvalue weighted by atomic mass is 10.1. The van der Waals surface area contributed by atoms with Crippen LogP contribution in [0.5, 0.6) is 0 Å². The Hall–Kier alpha value is -0.950. The molecule has 0 aliphatic heterocycles. The van der Waals surface area contributed by atoms with Gasteiger partial charge in [-0.15, -0.1) is 0 Å². The number of halogens is 2. The molecule has 0 unspecified atom stereocenters. The summed E-state index contributed by atoms with van der Waals surface area (Å²) in [4.78, 5) is 27.0. The fraction of sp³-hybridized carbons (Fsp3) is 0.417. The molecule has 0 aromatic carbocycles. The number of pyridine rings is 1. The fourth-order valence-electron chi connectivity index (χ4n) is 2.17. The van der Waals surface area contributed by atoms with Crippen LogP contribution in [0, 0.1) is 5.92 Å². The molecule has 2 N–H and O–H groups in total. The van der Waals surface area contributed by atoms with Crippen LogP contribution in [0.2, 0.25) is 0 Å². The van der Waals surface area contributed by atoms with Crippen molar-refractivity contribution in [3.8, 4) is 0 Å². The molecule has 0 radical (unpaired) electrons. The van der Waals surface area contributed by atoms with E-state index in [1.165, 1.54) is 0 Å². The second-order valence-corrected chi connectivity index (χ2v) is 6.27. The van der Waals surface area contributed by atoms with E-state index in [1.807, 2.05) is 0 Å². The van der Waals surface area contributed by atoms with E-state index in [2.05, 4.69) is 42.2 Å². The Morgan fingerprint density at radius 2 is 2.11 bits per heavy atom. The van der Waals surface area contributed by atoms with Gasteiger partial charge in [-0.2, -0.15) is 0 Å². The predicted octanol–water partition coefficient (Wildman–Crippen LogP) is 2.59. The predicted molar refractivity (Wildman–Crippen MR) is 75.9 cm³/mol. The summed E-state index contributed by atoms with van der Waals surface area (Å²) >= 11 is 6.55. The molecule has 0 saturated heterocycles. The van der Waals surface area contributed by atoms with Crippen LogP contribution >= 0.6 is 31.9 Å².